The number of fused-ring (bicyclic) bond motifs is 3. The molecule has 3 amide bonds. The topological polar surface area (TPSA) is 135 Å². The van der Waals surface area contributed by atoms with Gasteiger partial charge in [0, 0.05) is 41.0 Å². The molecule has 1 unspecified atom stereocenters. The molecule has 3 aliphatic rings. The highest BCUT2D eigenvalue weighted by Gasteiger charge is 2.52. The van der Waals surface area contributed by atoms with Crippen LogP contribution in [-0.2, 0) is 25.6 Å². The molecule has 4 aromatic rings. The first-order valence-corrected chi connectivity index (χ1v) is 14.4. The maximum absolute atomic E-state index is 13.4. The number of amides is 3. The number of H-pyrrole nitrogens is 1. The summed E-state index contributed by atoms with van der Waals surface area (Å²) in [5, 5.41) is 6.56. The number of benzene rings is 2. The van der Waals surface area contributed by atoms with Crippen LogP contribution >= 0.6 is 11.8 Å². The highest BCUT2D eigenvalue weighted by Crippen LogP contribution is 2.47. The summed E-state index contributed by atoms with van der Waals surface area (Å²) in [4.78, 5) is 50.4. The molecule has 2 aromatic heterocycles. The van der Waals surface area contributed by atoms with Crippen LogP contribution in [0.1, 0.15) is 22.5 Å². The number of nitrogens with one attached hydrogen (secondary N) is 3. The van der Waals surface area contributed by atoms with E-state index in [4.69, 9.17) is 14.2 Å². The van der Waals surface area contributed by atoms with Gasteiger partial charge in [0.1, 0.15) is 17.5 Å². The lowest BCUT2D eigenvalue weighted by molar-refractivity contribution is -0.152. The van der Waals surface area contributed by atoms with Crippen LogP contribution in [0.2, 0.25) is 0 Å². The maximum atomic E-state index is 13.4. The van der Waals surface area contributed by atoms with Gasteiger partial charge in [-0.2, -0.15) is 0 Å². The molecule has 1 atom stereocenters. The third-order valence-corrected chi connectivity index (χ3v) is 8.67. The van der Waals surface area contributed by atoms with Crippen molar-refractivity contribution in [2.24, 2.45) is 0 Å². The van der Waals surface area contributed by atoms with Gasteiger partial charge in [0.05, 0.1) is 42.6 Å². The van der Waals surface area contributed by atoms with Crippen molar-refractivity contribution in [3.63, 3.8) is 0 Å². The van der Waals surface area contributed by atoms with E-state index in [0.717, 1.165) is 32.1 Å². The van der Waals surface area contributed by atoms with Crippen LogP contribution in [0.5, 0.6) is 11.5 Å². The Balaban J connectivity index is 1.01. The van der Waals surface area contributed by atoms with Gasteiger partial charge < -0.3 is 34.7 Å². The number of pyridine rings is 1. The Morgan fingerprint density at radius 3 is 2.71 bits per heavy atom. The van der Waals surface area contributed by atoms with Gasteiger partial charge in [0.25, 0.3) is 5.91 Å². The second-order valence-corrected chi connectivity index (χ2v) is 11.4. The summed E-state index contributed by atoms with van der Waals surface area (Å²) in [6.07, 6.45) is 3.65. The predicted octanol–water partition coefficient (Wildman–Crippen LogP) is 3.21. The molecular weight excluding hydrogens is 558 g/mol. The Labute approximate surface area is 244 Å². The van der Waals surface area contributed by atoms with E-state index in [0.29, 0.717) is 24.5 Å². The zero-order valence-corrected chi connectivity index (χ0v) is 23.2. The molecule has 3 aliphatic heterocycles. The van der Waals surface area contributed by atoms with Gasteiger partial charge in [-0.3, -0.25) is 19.4 Å². The Morgan fingerprint density at radius 1 is 1.02 bits per heavy atom. The molecule has 3 N–H and O–H groups in total. The van der Waals surface area contributed by atoms with Gasteiger partial charge in [0.15, 0.2) is 5.79 Å². The lowest BCUT2D eigenvalue weighted by Crippen LogP contribution is -2.49. The van der Waals surface area contributed by atoms with Gasteiger partial charge in [0.2, 0.25) is 11.8 Å². The summed E-state index contributed by atoms with van der Waals surface area (Å²) in [7, 11) is 0. The predicted molar refractivity (Wildman–Crippen MR) is 152 cm³/mol. The molecule has 12 heteroatoms. The van der Waals surface area contributed by atoms with Crippen LogP contribution in [0.3, 0.4) is 0 Å². The zero-order chi connectivity index (χ0) is 28.7. The lowest BCUT2D eigenvalue weighted by atomic mass is 10.1. The van der Waals surface area contributed by atoms with E-state index in [1.54, 1.807) is 36.3 Å². The average molecular weight is 586 g/mol. The van der Waals surface area contributed by atoms with E-state index in [9.17, 15) is 14.4 Å². The Kier molecular flexibility index (Phi) is 6.81. The Hall–Kier alpha value is -4.39. The zero-order valence-electron chi connectivity index (χ0n) is 22.4. The normalized spacial score (nSPS) is 18.4. The number of carbonyl (C=O) groups excluding carboxylic acids is 3. The van der Waals surface area contributed by atoms with E-state index in [-0.39, 0.29) is 32.0 Å². The molecular formula is C30H27N5O6S. The summed E-state index contributed by atoms with van der Waals surface area (Å²) < 4.78 is 17.6. The Morgan fingerprint density at radius 2 is 1.86 bits per heavy atom. The van der Waals surface area contributed by atoms with Crippen molar-refractivity contribution < 1.29 is 28.6 Å². The van der Waals surface area contributed by atoms with E-state index in [1.165, 1.54) is 4.90 Å². The van der Waals surface area contributed by atoms with Gasteiger partial charge in [-0.05, 0) is 42.5 Å². The Bertz CT molecular complexity index is 1670. The molecule has 2 aromatic carbocycles. The van der Waals surface area contributed by atoms with E-state index in [1.807, 2.05) is 42.5 Å². The molecule has 42 heavy (non-hydrogen) atoms. The highest BCUT2D eigenvalue weighted by molar-refractivity contribution is 7.99. The molecule has 2 fully saturated rings. The molecule has 5 heterocycles. The van der Waals surface area contributed by atoms with Gasteiger partial charge in [-0.1, -0.05) is 23.9 Å². The molecule has 1 spiro atoms. The van der Waals surface area contributed by atoms with Crippen LogP contribution in [-0.4, -0.2) is 70.7 Å². The third-order valence-electron chi connectivity index (χ3n) is 7.55. The number of hydrogen-bond donors (Lipinski definition) is 3. The fraction of sp³-hybridized carbons (Fsp3) is 0.267. The number of carbonyl (C=O) groups is 3. The van der Waals surface area contributed by atoms with Crippen molar-refractivity contribution in [3.05, 3.63) is 78.2 Å². The van der Waals surface area contributed by atoms with Crippen molar-refractivity contribution >= 4 is 40.4 Å². The molecule has 0 radical (unpaired) electrons. The minimum absolute atomic E-state index is 0.0984. The van der Waals surface area contributed by atoms with Crippen molar-refractivity contribution in [1.29, 1.82) is 0 Å². The van der Waals surface area contributed by atoms with Crippen LogP contribution in [0.25, 0.3) is 10.9 Å². The number of aromatic nitrogens is 2. The van der Waals surface area contributed by atoms with Crippen LogP contribution in [0.4, 0.5) is 0 Å². The summed E-state index contributed by atoms with van der Waals surface area (Å²) in [6.45, 7) is 0.837. The number of para-hydroxylation sites is 1. The SMILES string of the molecule is O=C(NCC(=O)N1CC2(CC1C(=O)NCc1cc3cnccc3[nH]1)OCCO2)c1ccc2c(c1)Oc1ccccc1S2. The van der Waals surface area contributed by atoms with Crippen molar-refractivity contribution in [1.82, 2.24) is 25.5 Å². The van der Waals surface area contributed by atoms with Crippen LogP contribution < -0.4 is 15.4 Å². The quantitative estimate of drug-likeness (QED) is 0.277. The number of ether oxygens (including phenoxy) is 3. The molecule has 214 valence electrons. The van der Waals surface area contributed by atoms with E-state index >= 15 is 0 Å². The average Bonchev–Trinajstić information content (AvgIpc) is 3.75. The largest absolute Gasteiger partial charge is 0.455 e. The molecule has 0 bridgehead atoms. The first kappa shape index (κ1) is 26.5. The third kappa shape index (κ3) is 5.08. The van der Waals surface area contributed by atoms with Gasteiger partial charge in [-0.15, -0.1) is 0 Å². The number of rotatable bonds is 6. The summed E-state index contributed by atoms with van der Waals surface area (Å²) >= 11 is 1.57. The minimum Gasteiger partial charge on any atom is -0.455 e. The van der Waals surface area contributed by atoms with Crippen molar-refractivity contribution in [2.45, 2.75) is 34.6 Å². The van der Waals surface area contributed by atoms with Crippen LogP contribution in [0.15, 0.2) is 76.8 Å². The maximum Gasteiger partial charge on any atom is 0.251 e. The second-order valence-electron chi connectivity index (χ2n) is 10.3. The van der Waals surface area contributed by atoms with E-state index < -0.39 is 23.6 Å². The highest BCUT2D eigenvalue weighted by atomic mass is 32.2. The summed E-state index contributed by atoms with van der Waals surface area (Å²) in [6, 6.07) is 15.9. The number of nitrogens with zero attached hydrogens (tertiary/aromatic N) is 2. The summed E-state index contributed by atoms with van der Waals surface area (Å²) in [5.74, 6) is -0.874. The monoisotopic (exact) mass is 585 g/mol. The van der Waals surface area contributed by atoms with Gasteiger partial charge in [-0.25, -0.2) is 0 Å². The second kappa shape index (κ2) is 10.8. The first-order chi connectivity index (χ1) is 20.5. The fourth-order valence-corrected chi connectivity index (χ4v) is 6.43. The van der Waals surface area contributed by atoms with Crippen molar-refractivity contribution in [2.75, 3.05) is 26.3 Å². The molecule has 0 aliphatic carbocycles. The number of aromatic amines is 1. The standard InChI is InChI=1S/C30H27N5O6S/c36-27(16-33-28(37)18-5-6-26-24(12-18)41-23-3-1-2-4-25(23)42-26)35-17-30(39-9-10-40-30)13-22(35)29(38)32-15-20-11-19-14-31-8-7-21(19)34-20/h1-8,11-12,14,22,34H,9-10,13,15-17H2,(H,32,38)(H,33,37). The molecule has 7 rings (SSSR count). The lowest BCUT2D eigenvalue weighted by Gasteiger charge is -2.24. The van der Waals surface area contributed by atoms with Crippen LogP contribution in [0, 0.1) is 0 Å². The summed E-state index contributed by atoms with van der Waals surface area (Å²) in [5.41, 5.74) is 2.10. The molecule has 0 saturated carbocycles. The number of hydrogen-bond acceptors (Lipinski definition) is 8. The molecule has 2 saturated heterocycles. The van der Waals surface area contributed by atoms with E-state index in [2.05, 4.69) is 20.6 Å². The molecule has 11 nitrogen and oxygen atoms in total. The van der Waals surface area contributed by atoms with Gasteiger partial charge >= 0.3 is 0 Å². The smallest absolute Gasteiger partial charge is 0.251 e. The minimum atomic E-state index is -1.03. The first-order valence-electron chi connectivity index (χ1n) is 13.6. The number of likely N-dealkylation sites (tertiary alicyclic amines) is 1. The fourth-order valence-electron chi connectivity index (χ4n) is 5.50. The van der Waals surface area contributed by atoms with Crippen molar-refractivity contribution in [3.8, 4) is 11.5 Å².